The van der Waals surface area contributed by atoms with Gasteiger partial charge in [-0.3, -0.25) is 14.4 Å². The highest BCUT2D eigenvalue weighted by Crippen LogP contribution is 2.29. The molecular weight excluding hydrogens is 560 g/mol. The maximum atomic E-state index is 13.4. The Bertz CT molecular complexity index is 1570. The SMILES string of the molecule is COc1ccc(/C=C(/NC(=O)c2ccccc2)C(=O)Nc2cccc(SCC(=O)Nc3nc(C)cs3)c2)cc1OC. The number of nitrogens with zero attached hydrogens (tertiary/aromatic N) is 1. The van der Waals surface area contributed by atoms with E-state index in [1.165, 1.54) is 37.3 Å². The van der Waals surface area contributed by atoms with Crippen molar-refractivity contribution in [3.05, 3.63) is 101 Å². The lowest BCUT2D eigenvalue weighted by atomic mass is 10.1. The van der Waals surface area contributed by atoms with Crippen molar-refractivity contribution in [2.75, 3.05) is 30.6 Å². The summed E-state index contributed by atoms with van der Waals surface area (Å²) in [6.07, 6.45) is 1.56. The zero-order chi connectivity index (χ0) is 29.2. The largest absolute Gasteiger partial charge is 0.493 e. The summed E-state index contributed by atoms with van der Waals surface area (Å²) in [4.78, 5) is 43.7. The van der Waals surface area contributed by atoms with E-state index < -0.39 is 11.8 Å². The predicted octanol–water partition coefficient (Wildman–Crippen LogP) is 5.61. The fraction of sp³-hybridized carbons (Fsp3) is 0.133. The van der Waals surface area contributed by atoms with E-state index in [-0.39, 0.29) is 17.4 Å². The molecule has 4 rings (SSSR count). The van der Waals surface area contributed by atoms with Crippen molar-refractivity contribution in [3.8, 4) is 11.5 Å². The summed E-state index contributed by atoms with van der Waals surface area (Å²) in [5.41, 5.74) is 2.40. The van der Waals surface area contributed by atoms with Gasteiger partial charge in [0.2, 0.25) is 5.91 Å². The number of carbonyl (C=O) groups excluding carboxylic acids is 3. The molecule has 0 aliphatic rings. The van der Waals surface area contributed by atoms with Crippen LogP contribution in [0.3, 0.4) is 0 Å². The third-order valence-electron chi connectivity index (χ3n) is 5.57. The molecule has 0 saturated heterocycles. The zero-order valence-electron chi connectivity index (χ0n) is 22.6. The summed E-state index contributed by atoms with van der Waals surface area (Å²) < 4.78 is 10.7. The molecule has 0 spiro atoms. The Labute approximate surface area is 246 Å². The molecule has 11 heteroatoms. The van der Waals surface area contributed by atoms with Gasteiger partial charge in [-0.1, -0.05) is 30.3 Å². The predicted molar refractivity (Wildman–Crippen MR) is 163 cm³/mol. The first kappa shape index (κ1) is 29.4. The maximum absolute atomic E-state index is 13.4. The summed E-state index contributed by atoms with van der Waals surface area (Å²) in [5, 5.41) is 10.8. The average Bonchev–Trinajstić information content (AvgIpc) is 3.40. The van der Waals surface area contributed by atoms with E-state index in [0.29, 0.717) is 33.4 Å². The first-order valence-electron chi connectivity index (χ1n) is 12.4. The number of aryl methyl sites for hydroxylation is 1. The van der Waals surface area contributed by atoms with Crippen molar-refractivity contribution in [2.45, 2.75) is 11.8 Å². The Morgan fingerprint density at radius 1 is 0.927 bits per heavy atom. The van der Waals surface area contributed by atoms with E-state index in [1.54, 1.807) is 72.8 Å². The molecule has 0 bridgehead atoms. The fourth-order valence-corrected chi connectivity index (χ4v) is 5.09. The van der Waals surface area contributed by atoms with Crippen LogP contribution in [-0.2, 0) is 9.59 Å². The Morgan fingerprint density at radius 3 is 2.41 bits per heavy atom. The quantitative estimate of drug-likeness (QED) is 0.154. The second-order valence-electron chi connectivity index (χ2n) is 8.61. The monoisotopic (exact) mass is 588 g/mol. The third-order valence-corrected chi connectivity index (χ3v) is 7.44. The smallest absolute Gasteiger partial charge is 0.272 e. The van der Waals surface area contributed by atoms with Crippen molar-refractivity contribution >= 4 is 57.7 Å². The van der Waals surface area contributed by atoms with E-state index in [2.05, 4.69) is 20.9 Å². The second-order valence-corrected chi connectivity index (χ2v) is 10.5. The van der Waals surface area contributed by atoms with Crippen LogP contribution in [0.4, 0.5) is 10.8 Å². The van der Waals surface area contributed by atoms with Crippen LogP contribution >= 0.6 is 23.1 Å². The van der Waals surface area contributed by atoms with Crippen LogP contribution in [-0.4, -0.2) is 42.7 Å². The van der Waals surface area contributed by atoms with Gasteiger partial charge in [0.25, 0.3) is 11.8 Å². The fourth-order valence-electron chi connectivity index (χ4n) is 3.63. The van der Waals surface area contributed by atoms with Gasteiger partial charge in [-0.25, -0.2) is 4.98 Å². The minimum Gasteiger partial charge on any atom is -0.493 e. The molecule has 0 radical (unpaired) electrons. The lowest BCUT2D eigenvalue weighted by Crippen LogP contribution is -2.30. The molecule has 3 N–H and O–H groups in total. The third kappa shape index (κ3) is 8.44. The van der Waals surface area contributed by atoms with Crippen LogP contribution in [0.15, 0.2) is 88.8 Å². The number of ether oxygens (including phenoxy) is 2. The molecule has 1 aromatic heterocycles. The van der Waals surface area contributed by atoms with Gasteiger partial charge in [0.1, 0.15) is 5.70 Å². The first-order chi connectivity index (χ1) is 19.8. The molecule has 41 heavy (non-hydrogen) atoms. The first-order valence-corrected chi connectivity index (χ1v) is 14.3. The van der Waals surface area contributed by atoms with Crippen LogP contribution in [0.1, 0.15) is 21.6 Å². The number of benzene rings is 3. The summed E-state index contributed by atoms with van der Waals surface area (Å²) >= 11 is 2.70. The van der Waals surface area contributed by atoms with E-state index in [1.807, 2.05) is 18.4 Å². The maximum Gasteiger partial charge on any atom is 0.272 e. The molecule has 1 heterocycles. The topological polar surface area (TPSA) is 119 Å². The Morgan fingerprint density at radius 2 is 1.71 bits per heavy atom. The molecule has 4 aromatic rings. The van der Waals surface area contributed by atoms with Crippen molar-refractivity contribution in [1.82, 2.24) is 10.3 Å². The Hall–Kier alpha value is -4.61. The summed E-state index contributed by atoms with van der Waals surface area (Å²) in [6, 6.07) is 20.9. The van der Waals surface area contributed by atoms with Crippen molar-refractivity contribution in [1.29, 1.82) is 0 Å². The lowest BCUT2D eigenvalue weighted by Gasteiger charge is -2.13. The van der Waals surface area contributed by atoms with Gasteiger partial charge in [0, 0.05) is 21.5 Å². The average molecular weight is 589 g/mol. The van der Waals surface area contributed by atoms with Gasteiger partial charge in [0.05, 0.1) is 25.7 Å². The molecule has 3 aromatic carbocycles. The van der Waals surface area contributed by atoms with Gasteiger partial charge >= 0.3 is 0 Å². The number of nitrogens with one attached hydrogen (secondary N) is 3. The lowest BCUT2D eigenvalue weighted by molar-refractivity contribution is -0.114. The van der Waals surface area contributed by atoms with Crippen LogP contribution < -0.4 is 25.4 Å². The molecule has 0 aliphatic carbocycles. The molecule has 210 valence electrons. The molecule has 0 fully saturated rings. The highest BCUT2D eigenvalue weighted by atomic mass is 32.2. The minimum atomic E-state index is -0.525. The van der Waals surface area contributed by atoms with Gasteiger partial charge < -0.3 is 25.4 Å². The second kappa shape index (κ2) is 14.1. The summed E-state index contributed by atoms with van der Waals surface area (Å²) in [6.45, 7) is 1.86. The molecule has 0 aliphatic heterocycles. The molecule has 9 nitrogen and oxygen atoms in total. The zero-order valence-corrected chi connectivity index (χ0v) is 24.2. The van der Waals surface area contributed by atoms with Crippen LogP contribution in [0.25, 0.3) is 6.08 Å². The van der Waals surface area contributed by atoms with Gasteiger partial charge in [-0.2, -0.15) is 0 Å². The van der Waals surface area contributed by atoms with Crippen LogP contribution in [0.5, 0.6) is 11.5 Å². The van der Waals surface area contributed by atoms with E-state index >= 15 is 0 Å². The number of amides is 3. The number of hydrogen-bond acceptors (Lipinski definition) is 8. The minimum absolute atomic E-state index is 0.0299. The molecule has 0 unspecified atom stereocenters. The normalized spacial score (nSPS) is 11.0. The number of carbonyl (C=O) groups is 3. The molecule has 0 atom stereocenters. The van der Waals surface area contributed by atoms with Gasteiger partial charge in [-0.05, 0) is 61.0 Å². The van der Waals surface area contributed by atoms with Crippen molar-refractivity contribution in [2.24, 2.45) is 0 Å². The Kier molecular flexibility index (Phi) is 10.1. The molecular formula is C30H28N4O5S2. The van der Waals surface area contributed by atoms with Crippen molar-refractivity contribution < 1.29 is 23.9 Å². The number of hydrogen-bond donors (Lipinski definition) is 3. The number of thioether (sulfide) groups is 1. The highest BCUT2D eigenvalue weighted by Gasteiger charge is 2.16. The van der Waals surface area contributed by atoms with E-state index in [9.17, 15) is 14.4 Å². The van der Waals surface area contributed by atoms with Gasteiger partial charge in [0.15, 0.2) is 16.6 Å². The number of methoxy groups -OCH3 is 2. The number of thiazole rings is 1. The Balaban J connectivity index is 1.50. The number of aromatic nitrogens is 1. The summed E-state index contributed by atoms with van der Waals surface area (Å²) in [5.74, 6) is 0.0555. The van der Waals surface area contributed by atoms with E-state index in [0.717, 1.165) is 10.6 Å². The number of rotatable bonds is 11. The molecule has 3 amide bonds. The van der Waals surface area contributed by atoms with Crippen LogP contribution in [0.2, 0.25) is 0 Å². The standard InChI is InChI=1S/C30H28N4O5S2/c1-19-17-41-30(31-19)34-27(35)18-40-23-11-7-10-22(16-23)32-29(37)24(33-28(36)21-8-5-4-6-9-21)14-20-12-13-25(38-2)26(15-20)39-3/h4-17H,18H2,1-3H3,(H,32,37)(H,33,36)(H,31,34,35)/b24-14+. The summed E-state index contributed by atoms with van der Waals surface area (Å²) in [7, 11) is 3.05. The highest BCUT2D eigenvalue weighted by molar-refractivity contribution is 8.00. The van der Waals surface area contributed by atoms with Crippen molar-refractivity contribution in [3.63, 3.8) is 0 Å². The number of anilines is 2. The van der Waals surface area contributed by atoms with Crippen LogP contribution in [0, 0.1) is 6.92 Å². The molecule has 0 saturated carbocycles. The van der Waals surface area contributed by atoms with E-state index in [4.69, 9.17) is 9.47 Å². The van der Waals surface area contributed by atoms with Gasteiger partial charge in [-0.15, -0.1) is 23.1 Å².